The number of nitrogens with zero attached hydrogens (tertiary/aromatic N) is 3. The molecule has 0 saturated heterocycles. The van der Waals surface area contributed by atoms with Crippen molar-refractivity contribution in [3.05, 3.63) is 38.7 Å². The summed E-state index contributed by atoms with van der Waals surface area (Å²) in [6.07, 6.45) is 1.88. The van der Waals surface area contributed by atoms with Crippen molar-refractivity contribution in [3.63, 3.8) is 0 Å². The highest BCUT2D eigenvalue weighted by Crippen LogP contribution is 2.46. The molecule has 2 heterocycles. The van der Waals surface area contributed by atoms with E-state index in [0.717, 1.165) is 30.2 Å². The SMILES string of the molecule is CCNC(=O)C1=CC2C(=NC(N)=NC2c2cc(OCCN(CC)CC)c(Cl)cc2Cl)S1. The van der Waals surface area contributed by atoms with E-state index < -0.39 is 6.04 Å². The Morgan fingerprint density at radius 2 is 2.00 bits per heavy atom. The van der Waals surface area contributed by atoms with Crippen molar-refractivity contribution in [1.29, 1.82) is 0 Å². The monoisotopic (exact) mass is 483 g/mol. The molecule has 2 atom stereocenters. The Bertz CT molecular complexity index is 931. The number of hydrogen-bond acceptors (Lipinski definition) is 7. The lowest BCUT2D eigenvalue weighted by molar-refractivity contribution is -0.116. The van der Waals surface area contributed by atoms with Gasteiger partial charge in [-0.3, -0.25) is 4.79 Å². The van der Waals surface area contributed by atoms with Crippen molar-refractivity contribution >= 4 is 51.9 Å². The smallest absolute Gasteiger partial charge is 0.257 e. The van der Waals surface area contributed by atoms with Gasteiger partial charge in [0.2, 0.25) is 5.96 Å². The molecule has 1 amide bonds. The van der Waals surface area contributed by atoms with Gasteiger partial charge in [0.15, 0.2) is 0 Å². The van der Waals surface area contributed by atoms with Crippen LogP contribution in [0.1, 0.15) is 32.4 Å². The minimum Gasteiger partial charge on any atom is -0.491 e. The molecule has 1 aromatic rings. The second-order valence-corrected chi connectivity index (χ2v) is 8.96. The molecule has 7 nitrogen and oxygen atoms in total. The summed E-state index contributed by atoms with van der Waals surface area (Å²) in [5, 5.41) is 4.45. The van der Waals surface area contributed by atoms with E-state index in [0.29, 0.717) is 33.9 Å². The normalized spacial score (nSPS) is 20.1. The lowest BCUT2D eigenvalue weighted by Crippen LogP contribution is -2.28. The van der Waals surface area contributed by atoms with Crippen LogP contribution < -0.4 is 15.8 Å². The summed E-state index contributed by atoms with van der Waals surface area (Å²) < 4.78 is 5.96. The van der Waals surface area contributed by atoms with Crippen LogP contribution in [0.4, 0.5) is 0 Å². The third kappa shape index (κ3) is 5.55. The van der Waals surface area contributed by atoms with E-state index in [1.165, 1.54) is 11.8 Å². The molecule has 31 heavy (non-hydrogen) atoms. The average Bonchev–Trinajstić information content (AvgIpc) is 3.16. The number of thioether (sulfide) groups is 1. The summed E-state index contributed by atoms with van der Waals surface area (Å²) in [5.41, 5.74) is 6.71. The molecule has 0 aliphatic carbocycles. The number of nitrogens with one attached hydrogen (secondary N) is 1. The number of rotatable bonds is 9. The van der Waals surface area contributed by atoms with Gasteiger partial charge in [0.1, 0.15) is 12.4 Å². The predicted octanol–water partition coefficient (Wildman–Crippen LogP) is 3.86. The number of hydrogen-bond donors (Lipinski definition) is 2. The standard InChI is InChI=1S/C21H27Cl2N5O2S/c1-4-25-19(29)17-10-13-18(26-21(24)27-20(13)31-17)12-9-16(15(23)11-14(12)22)30-8-7-28(5-2)6-3/h9-11,13,18H,4-8H2,1-3H3,(H2,24,26)(H,25,29). The van der Waals surface area contributed by atoms with E-state index >= 15 is 0 Å². The Hall–Kier alpha value is -1.74. The number of amides is 1. The van der Waals surface area contributed by atoms with Gasteiger partial charge in [0.25, 0.3) is 5.91 Å². The topological polar surface area (TPSA) is 92.3 Å². The molecule has 0 saturated carbocycles. The Balaban J connectivity index is 1.86. The summed E-state index contributed by atoms with van der Waals surface area (Å²) in [6.45, 7) is 9.87. The Morgan fingerprint density at radius 3 is 2.68 bits per heavy atom. The van der Waals surface area contributed by atoms with Gasteiger partial charge in [0, 0.05) is 23.7 Å². The zero-order valence-electron chi connectivity index (χ0n) is 17.8. The van der Waals surface area contributed by atoms with Gasteiger partial charge in [-0.1, -0.05) is 54.9 Å². The number of nitrogens with two attached hydrogens (primary N) is 1. The number of halogens is 2. The van der Waals surface area contributed by atoms with Crippen LogP contribution in [-0.2, 0) is 4.79 Å². The lowest BCUT2D eigenvalue weighted by Gasteiger charge is -2.25. The van der Waals surface area contributed by atoms with Gasteiger partial charge >= 0.3 is 0 Å². The van der Waals surface area contributed by atoms with E-state index in [4.69, 9.17) is 33.7 Å². The molecule has 1 aromatic carbocycles. The van der Waals surface area contributed by atoms with Crippen LogP contribution in [0.3, 0.4) is 0 Å². The fraction of sp³-hybridized carbons (Fsp3) is 0.476. The van der Waals surface area contributed by atoms with Crippen LogP contribution in [0.5, 0.6) is 5.75 Å². The molecular weight excluding hydrogens is 457 g/mol. The van der Waals surface area contributed by atoms with Gasteiger partial charge in [-0.2, -0.15) is 0 Å². The number of benzene rings is 1. The molecule has 2 unspecified atom stereocenters. The number of aliphatic imine (C=N–C) groups is 2. The first-order chi connectivity index (χ1) is 14.9. The molecule has 2 aliphatic heterocycles. The van der Waals surface area contributed by atoms with Crippen LogP contribution in [-0.4, -0.2) is 54.6 Å². The minimum atomic E-state index is -0.415. The highest BCUT2D eigenvalue weighted by molar-refractivity contribution is 8.18. The molecule has 10 heteroatoms. The first-order valence-corrected chi connectivity index (χ1v) is 11.9. The van der Waals surface area contributed by atoms with Gasteiger partial charge in [-0.25, -0.2) is 9.98 Å². The molecule has 3 rings (SSSR count). The molecule has 0 aromatic heterocycles. The number of fused-ring (bicyclic) bond motifs is 1. The van der Waals surface area contributed by atoms with Crippen molar-refractivity contribution in [2.45, 2.75) is 26.8 Å². The molecule has 168 valence electrons. The molecule has 2 aliphatic rings. The van der Waals surface area contributed by atoms with Crippen molar-refractivity contribution < 1.29 is 9.53 Å². The van der Waals surface area contributed by atoms with Crippen LogP contribution in [0, 0.1) is 5.92 Å². The summed E-state index contributed by atoms with van der Waals surface area (Å²) in [7, 11) is 0. The lowest BCUT2D eigenvalue weighted by atomic mass is 9.92. The summed E-state index contributed by atoms with van der Waals surface area (Å²) in [6, 6.07) is 3.07. The summed E-state index contributed by atoms with van der Waals surface area (Å²) in [5.74, 6) is 0.343. The predicted molar refractivity (Wildman–Crippen MR) is 129 cm³/mol. The number of carbonyl (C=O) groups is 1. The molecular formula is C21H27Cl2N5O2S. The Morgan fingerprint density at radius 1 is 1.26 bits per heavy atom. The highest BCUT2D eigenvalue weighted by atomic mass is 35.5. The maximum atomic E-state index is 12.3. The highest BCUT2D eigenvalue weighted by Gasteiger charge is 2.38. The first kappa shape index (κ1) is 23.9. The van der Waals surface area contributed by atoms with Crippen molar-refractivity contribution in [2.24, 2.45) is 21.6 Å². The van der Waals surface area contributed by atoms with Gasteiger partial charge in [-0.05, 0) is 32.1 Å². The number of guanidine groups is 1. The average molecular weight is 484 g/mol. The van der Waals surface area contributed by atoms with Crippen molar-refractivity contribution in [3.8, 4) is 5.75 Å². The molecule has 0 bridgehead atoms. The van der Waals surface area contributed by atoms with E-state index in [1.54, 1.807) is 6.07 Å². The van der Waals surface area contributed by atoms with Crippen LogP contribution in [0.25, 0.3) is 0 Å². The van der Waals surface area contributed by atoms with Crippen molar-refractivity contribution in [2.75, 3.05) is 32.8 Å². The van der Waals surface area contributed by atoms with E-state index in [2.05, 4.69) is 34.0 Å². The molecule has 3 N–H and O–H groups in total. The fourth-order valence-electron chi connectivity index (χ4n) is 3.48. The third-order valence-electron chi connectivity index (χ3n) is 5.16. The van der Waals surface area contributed by atoms with E-state index in [1.807, 2.05) is 19.1 Å². The largest absolute Gasteiger partial charge is 0.491 e. The van der Waals surface area contributed by atoms with Gasteiger partial charge in [0.05, 0.1) is 26.9 Å². The maximum absolute atomic E-state index is 12.3. The summed E-state index contributed by atoms with van der Waals surface area (Å²) >= 11 is 14.2. The number of ether oxygens (including phenoxy) is 1. The minimum absolute atomic E-state index is 0.135. The van der Waals surface area contributed by atoms with Gasteiger partial charge in [-0.15, -0.1) is 0 Å². The second-order valence-electron chi connectivity index (χ2n) is 7.08. The van der Waals surface area contributed by atoms with E-state index in [-0.39, 0.29) is 17.8 Å². The number of likely N-dealkylation sites (N-methyl/N-ethyl adjacent to an activating group) is 2. The molecule has 0 radical (unpaired) electrons. The van der Waals surface area contributed by atoms with E-state index in [9.17, 15) is 4.79 Å². The molecule has 0 fully saturated rings. The zero-order chi connectivity index (χ0) is 22.5. The van der Waals surface area contributed by atoms with Crippen LogP contribution in [0.2, 0.25) is 10.0 Å². The number of carbonyl (C=O) groups excluding carboxylic acids is 1. The molecule has 0 spiro atoms. The second kappa shape index (κ2) is 10.7. The zero-order valence-corrected chi connectivity index (χ0v) is 20.2. The first-order valence-electron chi connectivity index (χ1n) is 10.3. The Kier molecular flexibility index (Phi) is 8.27. The summed E-state index contributed by atoms with van der Waals surface area (Å²) in [4.78, 5) is 24.0. The van der Waals surface area contributed by atoms with Crippen LogP contribution >= 0.6 is 35.0 Å². The fourth-order valence-corrected chi connectivity index (χ4v) is 5.10. The van der Waals surface area contributed by atoms with Gasteiger partial charge < -0.3 is 20.7 Å². The van der Waals surface area contributed by atoms with Crippen molar-refractivity contribution in [1.82, 2.24) is 10.2 Å². The third-order valence-corrected chi connectivity index (χ3v) is 6.89. The quantitative estimate of drug-likeness (QED) is 0.555. The maximum Gasteiger partial charge on any atom is 0.257 e. The van der Waals surface area contributed by atoms with Crippen LogP contribution in [0.15, 0.2) is 33.1 Å². The Labute approximate surface area is 197 Å².